The molecule has 5 rings (SSSR count). The van der Waals surface area contributed by atoms with Crippen LogP contribution in [0.5, 0.6) is 0 Å². The maximum atomic E-state index is 13.7. The van der Waals surface area contributed by atoms with Gasteiger partial charge in [-0.1, -0.05) is 48.5 Å². The molecule has 1 amide bonds. The molecule has 38 heavy (non-hydrogen) atoms. The van der Waals surface area contributed by atoms with Gasteiger partial charge in [-0.15, -0.1) is 0 Å². The number of carbonyl (C=O) groups excluding carboxylic acids is 1. The fourth-order valence-corrected chi connectivity index (χ4v) is 4.88. The Kier molecular flexibility index (Phi) is 6.78. The van der Waals surface area contributed by atoms with Gasteiger partial charge in [-0.25, -0.2) is 9.97 Å². The summed E-state index contributed by atoms with van der Waals surface area (Å²) in [5, 5.41) is 11.2. The van der Waals surface area contributed by atoms with Crippen LogP contribution in [0.3, 0.4) is 0 Å². The zero-order valence-corrected chi connectivity index (χ0v) is 20.4. The molecule has 1 aliphatic heterocycles. The quantitative estimate of drug-likeness (QED) is 0.415. The summed E-state index contributed by atoms with van der Waals surface area (Å²) in [6, 6.07) is 16.7. The summed E-state index contributed by atoms with van der Waals surface area (Å²) in [5.74, 6) is -2.52. The number of alkyl halides is 3. The van der Waals surface area contributed by atoms with Gasteiger partial charge in [0.25, 0.3) is 5.56 Å². The molecule has 11 heteroatoms. The van der Waals surface area contributed by atoms with Crippen molar-refractivity contribution in [1.82, 2.24) is 24.0 Å². The van der Waals surface area contributed by atoms with E-state index in [4.69, 9.17) is 0 Å². The van der Waals surface area contributed by atoms with E-state index in [1.807, 2.05) is 30.3 Å². The van der Waals surface area contributed by atoms with E-state index in [1.54, 1.807) is 10.6 Å². The molecule has 0 radical (unpaired) electrons. The highest BCUT2D eigenvalue weighted by Gasteiger charge is 2.43. The van der Waals surface area contributed by atoms with E-state index in [0.717, 1.165) is 5.69 Å². The summed E-state index contributed by atoms with van der Waals surface area (Å²) >= 11 is 0. The molecule has 1 atom stereocenters. The fourth-order valence-electron chi connectivity index (χ4n) is 4.88. The third-order valence-corrected chi connectivity index (χ3v) is 7.05. The Morgan fingerprint density at radius 3 is 2.24 bits per heavy atom. The Morgan fingerprint density at radius 2 is 1.61 bits per heavy atom. The molecule has 8 nitrogen and oxygen atoms in total. The molecule has 1 aliphatic rings. The number of carbonyl (C=O) groups is 1. The molecule has 0 bridgehead atoms. The van der Waals surface area contributed by atoms with E-state index >= 15 is 0 Å². The number of aromatic nitrogens is 4. The summed E-state index contributed by atoms with van der Waals surface area (Å²) in [6.45, 7) is 0.105. The van der Waals surface area contributed by atoms with Crippen molar-refractivity contribution in [2.45, 2.75) is 43.5 Å². The molecule has 2 aromatic heterocycles. The van der Waals surface area contributed by atoms with Gasteiger partial charge in [-0.05, 0) is 30.5 Å². The van der Waals surface area contributed by atoms with Crippen molar-refractivity contribution in [2.75, 3.05) is 13.1 Å². The number of aliphatic hydroxyl groups is 1. The number of para-hydroxylation sites is 1. The van der Waals surface area contributed by atoms with Gasteiger partial charge in [-0.3, -0.25) is 18.7 Å². The Bertz CT molecular complexity index is 1480. The number of piperidine rings is 1. The SMILES string of the molecule is O=C(CC(c1ccccc1)C(F)(F)F)N1CCC(O)(Cn2cnc3c(ncn3-c3ccccc3)c2=O)CC1. The van der Waals surface area contributed by atoms with E-state index in [2.05, 4.69) is 9.97 Å². The lowest BCUT2D eigenvalue weighted by molar-refractivity contribution is -0.162. The summed E-state index contributed by atoms with van der Waals surface area (Å²) in [6.07, 6.45) is -2.16. The van der Waals surface area contributed by atoms with Crippen molar-refractivity contribution in [3.63, 3.8) is 0 Å². The van der Waals surface area contributed by atoms with Gasteiger partial charge in [0.1, 0.15) is 12.7 Å². The monoisotopic (exact) mass is 525 g/mol. The van der Waals surface area contributed by atoms with Crippen LogP contribution in [0.4, 0.5) is 13.2 Å². The molecule has 198 valence electrons. The third kappa shape index (κ3) is 5.19. The van der Waals surface area contributed by atoms with Crippen LogP contribution in [0, 0.1) is 0 Å². The predicted octanol–water partition coefficient (Wildman–Crippen LogP) is 3.67. The lowest BCUT2D eigenvalue weighted by atomic mass is 9.90. The Hall–Kier alpha value is -3.99. The highest BCUT2D eigenvalue weighted by atomic mass is 19.4. The number of hydrogen-bond acceptors (Lipinski definition) is 5. The molecule has 0 saturated carbocycles. The van der Waals surface area contributed by atoms with Gasteiger partial charge in [0.05, 0.1) is 18.1 Å². The van der Waals surface area contributed by atoms with E-state index in [1.165, 1.54) is 46.4 Å². The first-order valence-corrected chi connectivity index (χ1v) is 12.2. The van der Waals surface area contributed by atoms with E-state index in [-0.39, 0.29) is 43.6 Å². The van der Waals surface area contributed by atoms with Gasteiger partial charge in [-0.2, -0.15) is 13.2 Å². The van der Waals surface area contributed by atoms with E-state index < -0.39 is 35.6 Å². The first-order chi connectivity index (χ1) is 18.1. The summed E-state index contributed by atoms with van der Waals surface area (Å²) in [5.41, 5.74) is -0.336. The highest BCUT2D eigenvalue weighted by Crippen LogP contribution is 2.38. The zero-order chi connectivity index (χ0) is 26.9. The lowest BCUT2D eigenvalue weighted by Gasteiger charge is -2.39. The van der Waals surface area contributed by atoms with Crippen molar-refractivity contribution in [3.05, 3.63) is 89.2 Å². The number of benzene rings is 2. The number of hydrogen-bond donors (Lipinski definition) is 1. The molecule has 2 aromatic carbocycles. The lowest BCUT2D eigenvalue weighted by Crippen LogP contribution is -2.50. The van der Waals surface area contributed by atoms with E-state index in [0.29, 0.717) is 5.65 Å². The van der Waals surface area contributed by atoms with Crippen LogP contribution >= 0.6 is 0 Å². The van der Waals surface area contributed by atoms with Gasteiger partial charge >= 0.3 is 6.18 Å². The zero-order valence-electron chi connectivity index (χ0n) is 20.4. The average Bonchev–Trinajstić information content (AvgIpc) is 3.34. The van der Waals surface area contributed by atoms with Crippen molar-refractivity contribution in [1.29, 1.82) is 0 Å². The van der Waals surface area contributed by atoms with Crippen LogP contribution in [-0.4, -0.2) is 59.9 Å². The Morgan fingerprint density at radius 1 is 0.974 bits per heavy atom. The average molecular weight is 526 g/mol. The normalized spacial score (nSPS) is 16.5. The number of rotatable bonds is 6. The second-order valence-corrected chi connectivity index (χ2v) is 9.61. The molecular weight excluding hydrogens is 499 g/mol. The van der Waals surface area contributed by atoms with Crippen molar-refractivity contribution < 1.29 is 23.1 Å². The summed E-state index contributed by atoms with van der Waals surface area (Å²) in [7, 11) is 0. The van der Waals surface area contributed by atoms with Crippen molar-refractivity contribution in [3.8, 4) is 5.69 Å². The van der Waals surface area contributed by atoms with Crippen LogP contribution < -0.4 is 5.56 Å². The van der Waals surface area contributed by atoms with Crippen molar-refractivity contribution in [2.24, 2.45) is 0 Å². The Balaban J connectivity index is 1.26. The minimum atomic E-state index is -4.56. The first-order valence-electron chi connectivity index (χ1n) is 12.2. The minimum absolute atomic E-state index is 0.0406. The number of nitrogens with zero attached hydrogens (tertiary/aromatic N) is 5. The number of likely N-dealkylation sites (tertiary alicyclic amines) is 1. The van der Waals surface area contributed by atoms with Crippen molar-refractivity contribution >= 4 is 17.1 Å². The van der Waals surface area contributed by atoms with Gasteiger partial charge in [0.15, 0.2) is 11.2 Å². The second-order valence-electron chi connectivity index (χ2n) is 9.61. The molecule has 1 N–H and O–H groups in total. The molecule has 4 aromatic rings. The van der Waals surface area contributed by atoms with Gasteiger partial charge < -0.3 is 10.0 Å². The fraction of sp³-hybridized carbons (Fsp3) is 0.333. The molecule has 1 saturated heterocycles. The molecule has 1 unspecified atom stereocenters. The molecule has 3 heterocycles. The number of fused-ring (bicyclic) bond motifs is 1. The largest absolute Gasteiger partial charge is 0.396 e. The molecule has 1 fully saturated rings. The Labute approximate surface area is 216 Å². The first kappa shape index (κ1) is 25.7. The van der Waals surface area contributed by atoms with Crippen LogP contribution in [-0.2, 0) is 11.3 Å². The third-order valence-electron chi connectivity index (χ3n) is 7.05. The topological polar surface area (TPSA) is 93.2 Å². The molecule has 0 aliphatic carbocycles. The smallest absolute Gasteiger partial charge is 0.388 e. The summed E-state index contributed by atoms with van der Waals surface area (Å²) < 4.78 is 44.1. The standard InChI is InChI=1S/C27H26F3N5O3/c28-27(29,30)21(19-7-3-1-4-8-19)15-22(36)33-13-11-26(38,12-14-33)16-34-17-32-24-23(25(34)37)31-18-35(24)20-9-5-2-6-10-20/h1-10,17-18,21,38H,11-16H2. The van der Waals surface area contributed by atoms with E-state index in [9.17, 15) is 27.9 Å². The highest BCUT2D eigenvalue weighted by molar-refractivity contribution is 5.77. The number of imidazole rings is 1. The maximum absolute atomic E-state index is 13.7. The van der Waals surface area contributed by atoms with Crippen LogP contribution in [0.25, 0.3) is 16.9 Å². The van der Waals surface area contributed by atoms with Crippen LogP contribution in [0.2, 0.25) is 0 Å². The maximum Gasteiger partial charge on any atom is 0.396 e. The number of amides is 1. The molecule has 0 spiro atoms. The van der Waals surface area contributed by atoms with Crippen LogP contribution in [0.15, 0.2) is 78.1 Å². The minimum Gasteiger partial charge on any atom is -0.388 e. The predicted molar refractivity (Wildman–Crippen MR) is 134 cm³/mol. The van der Waals surface area contributed by atoms with Gasteiger partial charge in [0.2, 0.25) is 5.91 Å². The number of halogens is 3. The van der Waals surface area contributed by atoms with Crippen LogP contribution in [0.1, 0.15) is 30.7 Å². The second kappa shape index (κ2) is 10.1. The van der Waals surface area contributed by atoms with Gasteiger partial charge in [0, 0.05) is 25.2 Å². The summed E-state index contributed by atoms with van der Waals surface area (Å²) in [4.78, 5) is 35.8. The molecular formula is C27H26F3N5O3.